The van der Waals surface area contributed by atoms with Gasteiger partial charge in [0.25, 0.3) is 5.69 Å². The lowest BCUT2D eigenvalue weighted by Gasteiger charge is -2.49. The number of nitro groups is 1. The molecule has 0 bridgehead atoms. The molecule has 14 nitrogen and oxygen atoms in total. The van der Waals surface area contributed by atoms with E-state index in [1.165, 1.54) is 31.2 Å². The molecule has 2 N–H and O–H groups in total. The van der Waals surface area contributed by atoms with E-state index in [1.807, 2.05) is 128 Å². The lowest BCUT2D eigenvalue weighted by atomic mass is 9.95. The summed E-state index contributed by atoms with van der Waals surface area (Å²) in [5, 5.41) is 26.5. The minimum Gasteiger partial charge on any atom is -0.463 e. The molecular formula is C48H52N2O12. The molecule has 326 valence electrons. The standard InChI is InChI=1S/C48H52N2O12/c1-32-43(56-28-35-17-9-4-10-18-35)45(57-29-36-19-11-5-12-20-36)46(58-30-37-21-13-6-14-22-37)48(59-32)62-44-41(49-33(2)51)47(60-39-25-23-38(24-26-39)50(53)54)61-40(42(44)52)31-55-27-34-15-7-3-8-16-34/h3-26,32,40-48,52H,27-31H2,1-2H3,(H,49,51). The first-order valence-corrected chi connectivity index (χ1v) is 20.6. The van der Waals surface area contributed by atoms with Gasteiger partial charge in [-0.15, -0.1) is 0 Å². The molecule has 0 spiro atoms. The molecule has 62 heavy (non-hydrogen) atoms. The van der Waals surface area contributed by atoms with E-state index >= 15 is 0 Å². The molecule has 0 aliphatic carbocycles. The van der Waals surface area contributed by atoms with Gasteiger partial charge in [0.15, 0.2) is 6.29 Å². The summed E-state index contributed by atoms with van der Waals surface area (Å²) in [4.78, 5) is 23.8. The van der Waals surface area contributed by atoms with Crippen molar-refractivity contribution in [2.45, 2.75) is 102 Å². The number of ether oxygens (including phenoxy) is 8. The molecule has 14 heteroatoms. The number of carbonyl (C=O) groups is 1. The number of aliphatic hydroxyl groups is 1. The Morgan fingerprint density at radius 2 is 1.13 bits per heavy atom. The smallest absolute Gasteiger partial charge is 0.269 e. The zero-order valence-corrected chi connectivity index (χ0v) is 34.6. The van der Waals surface area contributed by atoms with Crippen molar-refractivity contribution in [1.29, 1.82) is 0 Å². The Kier molecular flexibility index (Phi) is 15.8. The number of non-ortho nitro benzene ring substituents is 1. The Balaban J connectivity index is 1.22. The van der Waals surface area contributed by atoms with Crippen LogP contribution < -0.4 is 10.1 Å². The lowest BCUT2D eigenvalue weighted by molar-refractivity contribution is -0.384. The summed E-state index contributed by atoms with van der Waals surface area (Å²) in [7, 11) is 0. The third-order valence-corrected chi connectivity index (χ3v) is 10.6. The van der Waals surface area contributed by atoms with E-state index < -0.39 is 72.2 Å². The number of hydrogen-bond donors (Lipinski definition) is 2. The normalized spacial score (nSPS) is 26.0. The predicted octanol–water partition coefficient (Wildman–Crippen LogP) is 6.67. The number of amides is 1. The van der Waals surface area contributed by atoms with E-state index in [1.54, 1.807) is 0 Å². The van der Waals surface area contributed by atoms with Crippen LogP contribution in [0.25, 0.3) is 0 Å². The van der Waals surface area contributed by atoms with Crippen molar-refractivity contribution >= 4 is 11.6 Å². The van der Waals surface area contributed by atoms with E-state index in [0.717, 1.165) is 22.3 Å². The van der Waals surface area contributed by atoms with Crippen molar-refractivity contribution in [1.82, 2.24) is 5.32 Å². The van der Waals surface area contributed by atoms with Gasteiger partial charge in [0.05, 0.1) is 44.1 Å². The molecular weight excluding hydrogens is 797 g/mol. The highest BCUT2D eigenvalue weighted by Crippen LogP contribution is 2.35. The third kappa shape index (κ3) is 12.1. The largest absolute Gasteiger partial charge is 0.463 e. The average Bonchev–Trinajstić information content (AvgIpc) is 3.29. The van der Waals surface area contributed by atoms with Crippen LogP contribution in [0.3, 0.4) is 0 Å². The summed E-state index contributed by atoms with van der Waals surface area (Å²) in [6.07, 6.45) is -9.08. The molecule has 5 aromatic carbocycles. The Morgan fingerprint density at radius 1 is 0.645 bits per heavy atom. The van der Waals surface area contributed by atoms with Crippen molar-refractivity contribution < 1.29 is 52.7 Å². The minimum atomic E-state index is -1.40. The number of nitro benzene ring substituents is 1. The summed E-state index contributed by atoms with van der Waals surface area (Å²) in [6, 6.07) is 43.1. The fourth-order valence-electron chi connectivity index (χ4n) is 7.49. The summed E-state index contributed by atoms with van der Waals surface area (Å²) in [6.45, 7) is 3.99. The topological polar surface area (TPSA) is 166 Å². The highest BCUT2D eigenvalue weighted by Gasteiger charge is 2.53. The highest BCUT2D eigenvalue weighted by atomic mass is 16.7. The van der Waals surface area contributed by atoms with E-state index in [4.69, 9.17) is 37.9 Å². The molecule has 0 saturated carbocycles. The predicted molar refractivity (Wildman–Crippen MR) is 226 cm³/mol. The second-order valence-electron chi connectivity index (χ2n) is 15.2. The van der Waals surface area contributed by atoms with E-state index in [2.05, 4.69) is 5.32 Å². The first kappa shape index (κ1) is 44.5. The molecule has 0 aromatic heterocycles. The van der Waals surface area contributed by atoms with Gasteiger partial charge in [-0.3, -0.25) is 14.9 Å². The molecule has 5 aromatic rings. The van der Waals surface area contributed by atoms with Gasteiger partial charge in [-0.05, 0) is 41.3 Å². The number of carbonyl (C=O) groups excluding carboxylic acids is 1. The third-order valence-electron chi connectivity index (χ3n) is 10.6. The van der Waals surface area contributed by atoms with Crippen molar-refractivity contribution in [2.75, 3.05) is 6.61 Å². The van der Waals surface area contributed by atoms with Crippen LogP contribution in [0.2, 0.25) is 0 Å². The van der Waals surface area contributed by atoms with Crippen LogP contribution in [-0.2, 0) is 64.4 Å². The second kappa shape index (κ2) is 22.0. The average molecular weight is 849 g/mol. The number of nitrogens with one attached hydrogen (secondary N) is 1. The molecule has 2 aliphatic rings. The number of aliphatic hydroxyl groups excluding tert-OH is 1. The Morgan fingerprint density at radius 3 is 1.63 bits per heavy atom. The van der Waals surface area contributed by atoms with Crippen LogP contribution in [0.1, 0.15) is 36.1 Å². The molecule has 2 saturated heterocycles. The van der Waals surface area contributed by atoms with Crippen LogP contribution in [0.5, 0.6) is 5.75 Å². The number of benzene rings is 5. The van der Waals surface area contributed by atoms with Crippen LogP contribution in [-0.4, -0.2) is 83.9 Å². The van der Waals surface area contributed by atoms with Gasteiger partial charge in [0.1, 0.15) is 48.4 Å². The molecule has 2 heterocycles. The summed E-state index contributed by atoms with van der Waals surface area (Å²) in [5.41, 5.74) is 3.56. The Hall–Kier alpha value is -5.55. The molecule has 2 aliphatic heterocycles. The highest BCUT2D eigenvalue weighted by molar-refractivity contribution is 5.73. The van der Waals surface area contributed by atoms with Crippen molar-refractivity contribution in [3.8, 4) is 5.75 Å². The fourth-order valence-corrected chi connectivity index (χ4v) is 7.49. The van der Waals surface area contributed by atoms with Crippen LogP contribution in [0.4, 0.5) is 5.69 Å². The van der Waals surface area contributed by atoms with Crippen molar-refractivity contribution in [3.05, 3.63) is 178 Å². The van der Waals surface area contributed by atoms with Gasteiger partial charge in [-0.2, -0.15) is 0 Å². The quantitative estimate of drug-likeness (QED) is 0.0671. The van der Waals surface area contributed by atoms with Crippen molar-refractivity contribution in [2.24, 2.45) is 0 Å². The van der Waals surface area contributed by atoms with Gasteiger partial charge in [0, 0.05) is 19.1 Å². The van der Waals surface area contributed by atoms with Gasteiger partial charge < -0.3 is 48.3 Å². The molecule has 10 unspecified atom stereocenters. The zero-order valence-electron chi connectivity index (χ0n) is 34.6. The van der Waals surface area contributed by atoms with Gasteiger partial charge >= 0.3 is 0 Å². The fraction of sp³-hybridized carbons (Fsp3) is 0.354. The monoisotopic (exact) mass is 848 g/mol. The van der Waals surface area contributed by atoms with Crippen LogP contribution in [0.15, 0.2) is 146 Å². The number of nitrogens with zero attached hydrogens (tertiary/aromatic N) is 1. The van der Waals surface area contributed by atoms with Crippen molar-refractivity contribution in [3.63, 3.8) is 0 Å². The first-order chi connectivity index (χ1) is 30.2. The maximum atomic E-state index is 12.9. The first-order valence-electron chi connectivity index (χ1n) is 20.6. The van der Waals surface area contributed by atoms with E-state index in [-0.39, 0.29) is 44.5 Å². The molecule has 0 radical (unpaired) electrons. The Labute approximate surface area is 360 Å². The second-order valence-corrected chi connectivity index (χ2v) is 15.2. The maximum Gasteiger partial charge on any atom is 0.269 e. The summed E-state index contributed by atoms with van der Waals surface area (Å²) in [5.74, 6) is -0.238. The minimum absolute atomic E-state index is 0.0864. The van der Waals surface area contributed by atoms with Crippen LogP contribution in [0, 0.1) is 10.1 Å². The van der Waals surface area contributed by atoms with Crippen LogP contribution >= 0.6 is 0 Å². The van der Waals surface area contributed by atoms with Gasteiger partial charge in [-0.25, -0.2) is 0 Å². The molecule has 10 atom stereocenters. The number of hydrogen-bond acceptors (Lipinski definition) is 12. The van der Waals surface area contributed by atoms with Gasteiger partial charge in [-0.1, -0.05) is 121 Å². The summed E-state index contributed by atoms with van der Waals surface area (Å²) >= 11 is 0. The van der Waals surface area contributed by atoms with E-state index in [0.29, 0.717) is 0 Å². The van der Waals surface area contributed by atoms with Gasteiger partial charge in [0.2, 0.25) is 12.2 Å². The lowest BCUT2D eigenvalue weighted by Crippen LogP contribution is -2.68. The Bertz CT molecular complexity index is 2120. The van der Waals surface area contributed by atoms with E-state index in [9.17, 15) is 20.0 Å². The number of rotatable bonds is 19. The SMILES string of the molecule is CC(=O)NC1C(Oc2ccc([N+](=O)[O-])cc2)OC(COCc2ccccc2)C(O)C1OC1OC(C)C(OCc2ccccc2)C(OCc2ccccc2)C1OCc1ccccc1. The maximum absolute atomic E-state index is 12.9. The summed E-state index contributed by atoms with van der Waals surface area (Å²) < 4.78 is 52.4. The molecule has 7 rings (SSSR count). The molecule has 2 fully saturated rings. The molecule has 1 amide bonds. The zero-order chi connectivity index (χ0) is 43.3.